The summed E-state index contributed by atoms with van der Waals surface area (Å²) in [5.41, 5.74) is 0.345. The Morgan fingerprint density at radius 2 is 1.74 bits per heavy atom. The van der Waals surface area contributed by atoms with Gasteiger partial charge in [-0.05, 0) is 57.6 Å². The molecule has 0 spiro atoms. The van der Waals surface area contributed by atoms with Crippen molar-refractivity contribution in [2.75, 3.05) is 34.9 Å². The van der Waals surface area contributed by atoms with Crippen molar-refractivity contribution in [1.82, 2.24) is 25.4 Å². The quantitative estimate of drug-likeness (QED) is 0.166. The van der Waals surface area contributed by atoms with E-state index in [2.05, 4.69) is 29.5 Å². The SMILES string of the molecule is CC[C@H](C)[C@@H]([C@@H](CC(=O)N1CCC[C@H]1[C@H](OC)[C@@H](C)C(=O)N[C@@H](Cc1ccccc1)c1nccs1)OC)N(C)C(=O)[C@@H](CC(=O)C(C)(C)NC)C(C)C. The Morgan fingerprint density at radius 3 is 2.28 bits per heavy atom. The predicted molar refractivity (Wildman–Crippen MR) is 210 cm³/mol. The fourth-order valence-corrected chi connectivity index (χ4v) is 8.22. The van der Waals surface area contributed by atoms with Crippen LogP contribution in [0.2, 0.25) is 0 Å². The van der Waals surface area contributed by atoms with Crippen LogP contribution in [-0.2, 0) is 35.1 Å². The number of aromatic nitrogens is 1. The van der Waals surface area contributed by atoms with Crippen LogP contribution in [0, 0.1) is 23.7 Å². The van der Waals surface area contributed by atoms with Crippen molar-refractivity contribution in [2.45, 2.75) is 123 Å². The zero-order valence-electron chi connectivity index (χ0n) is 33.9. The number of ether oxygens (including phenoxy) is 2. The molecule has 1 aliphatic rings. The number of nitrogens with zero attached hydrogens (tertiary/aromatic N) is 3. The van der Waals surface area contributed by atoms with Crippen molar-refractivity contribution in [1.29, 1.82) is 0 Å². The highest BCUT2D eigenvalue weighted by molar-refractivity contribution is 7.09. The zero-order valence-corrected chi connectivity index (χ0v) is 34.7. The number of methoxy groups -OCH3 is 2. The molecule has 0 radical (unpaired) electrons. The van der Waals surface area contributed by atoms with Gasteiger partial charge in [0.2, 0.25) is 17.7 Å². The van der Waals surface area contributed by atoms with E-state index in [1.54, 1.807) is 39.4 Å². The highest BCUT2D eigenvalue weighted by atomic mass is 32.1. The van der Waals surface area contributed by atoms with Gasteiger partial charge in [0, 0.05) is 51.7 Å². The van der Waals surface area contributed by atoms with E-state index >= 15 is 0 Å². The molecule has 0 unspecified atom stereocenters. The number of nitrogens with one attached hydrogen (secondary N) is 2. The van der Waals surface area contributed by atoms with Gasteiger partial charge in [0.25, 0.3) is 0 Å². The van der Waals surface area contributed by atoms with E-state index < -0.39 is 35.6 Å². The first-order valence-corrected chi connectivity index (χ1v) is 20.1. The van der Waals surface area contributed by atoms with Crippen LogP contribution in [0.4, 0.5) is 0 Å². The lowest BCUT2D eigenvalue weighted by molar-refractivity contribution is -0.149. The van der Waals surface area contributed by atoms with Crippen LogP contribution in [0.3, 0.4) is 0 Å². The summed E-state index contributed by atoms with van der Waals surface area (Å²) in [5.74, 6) is -1.50. The summed E-state index contributed by atoms with van der Waals surface area (Å²) in [6.45, 7) is 14.1. The van der Waals surface area contributed by atoms with Gasteiger partial charge in [-0.2, -0.15) is 0 Å². The third-order valence-electron chi connectivity index (χ3n) is 11.5. The van der Waals surface area contributed by atoms with E-state index in [1.807, 2.05) is 75.2 Å². The molecule has 0 saturated carbocycles. The number of likely N-dealkylation sites (tertiary alicyclic amines) is 1. The first-order valence-electron chi connectivity index (χ1n) is 19.2. The fourth-order valence-electron chi connectivity index (χ4n) is 7.53. The maximum atomic E-state index is 14.2. The molecule has 1 aromatic carbocycles. The summed E-state index contributed by atoms with van der Waals surface area (Å²) < 4.78 is 12.1. The van der Waals surface area contributed by atoms with Gasteiger partial charge in [0.15, 0.2) is 5.78 Å². The summed E-state index contributed by atoms with van der Waals surface area (Å²) in [6, 6.07) is 9.02. The van der Waals surface area contributed by atoms with E-state index in [9.17, 15) is 19.2 Å². The Kier molecular flexibility index (Phi) is 17.1. The van der Waals surface area contributed by atoms with E-state index in [0.717, 1.165) is 23.4 Å². The first kappa shape index (κ1) is 44.2. The minimum atomic E-state index is -0.751. The van der Waals surface area contributed by atoms with Gasteiger partial charge in [0.1, 0.15) is 5.01 Å². The van der Waals surface area contributed by atoms with Crippen molar-refractivity contribution in [3.63, 3.8) is 0 Å². The van der Waals surface area contributed by atoms with Gasteiger partial charge in [-0.1, -0.05) is 71.4 Å². The molecule has 12 heteroatoms. The van der Waals surface area contributed by atoms with Gasteiger partial charge in [-0.3, -0.25) is 19.2 Å². The van der Waals surface area contributed by atoms with E-state index in [0.29, 0.717) is 19.4 Å². The second kappa shape index (κ2) is 20.5. The predicted octanol–water partition coefficient (Wildman–Crippen LogP) is 5.69. The first-order chi connectivity index (χ1) is 25.1. The van der Waals surface area contributed by atoms with Crippen LogP contribution >= 0.6 is 11.3 Å². The Labute approximate surface area is 322 Å². The topological polar surface area (TPSA) is 130 Å². The maximum Gasteiger partial charge on any atom is 0.226 e. The number of Topliss-reactive ketones (excluding diaryl/α,β-unsaturated/α-hetero) is 1. The van der Waals surface area contributed by atoms with E-state index in [1.165, 1.54) is 11.3 Å². The van der Waals surface area contributed by atoms with Crippen molar-refractivity contribution in [2.24, 2.45) is 23.7 Å². The number of carbonyl (C=O) groups excluding carboxylic acids is 4. The van der Waals surface area contributed by atoms with Gasteiger partial charge < -0.3 is 29.9 Å². The number of amides is 3. The largest absolute Gasteiger partial charge is 0.379 e. The number of rotatable bonds is 21. The molecule has 1 aromatic heterocycles. The molecule has 1 aliphatic heterocycles. The Morgan fingerprint density at radius 1 is 1.06 bits per heavy atom. The van der Waals surface area contributed by atoms with Crippen molar-refractivity contribution >= 4 is 34.8 Å². The number of hydrogen-bond acceptors (Lipinski definition) is 9. The van der Waals surface area contributed by atoms with E-state index in [-0.39, 0.29) is 60.3 Å². The van der Waals surface area contributed by atoms with Crippen LogP contribution in [0.1, 0.15) is 97.2 Å². The summed E-state index contributed by atoms with van der Waals surface area (Å²) in [6.07, 6.45) is 3.69. The molecule has 0 aliphatic carbocycles. The molecule has 3 amide bonds. The van der Waals surface area contributed by atoms with Crippen molar-refractivity contribution in [3.8, 4) is 0 Å². The van der Waals surface area contributed by atoms with Crippen molar-refractivity contribution < 1.29 is 28.7 Å². The number of benzene rings is 1. The normalized spacial score (nSPS) is 18.9. The highest BCUT2D eigenvalue weighted by Gasteiger charge is 2.43. The molecule has 2 N–H and O–H groups in total. The monoisotopic (exact) mass is 755 g/mol. The average Bonchev–Trinajstić information content (AvgIpc) is 3.87. The standard InChI is InChI=1S/C41H65N5O6S/c1-12-27(4)36(45(9)40(50)30(26(2)3)24-34(47)41(6,7)42-8)33(51-10)25-35(48)46-21-16-19-32(46)37(52-11)28(5)38(49)44-31(39-43-20-22-53-39)23-29-17-14-13-15-18-29/h13-15,17-18,20,22,26-28,30-33,36-37,42H,12,16,19,21,23-25H2,1-11H3,(H,44,49)/t27-,28+,30-,31-,32-,33+,36-,37+/m0/s1. The minimum absolute atomic E-state index is 0.0189. The summed E-state index contributed by atoms with van der Waals surface area (Å²) in [4.78, 5) is 63.6. The maximum absolute atomic E-state index is 14.2. The lowest BCUT2D eigenvalue weighted by Crippen LogP contribution is -2.54. The Hall–Kier alpha value is -3.19. The average molecular weight is 756 g/mol. The Balaban J connectivity index is 1.78. The molecule has 1 fully saturated rings. The Bertz CT molecular complexity index is 1450. The second-order valence-corrected chi connectivity index (χ2v) is 16.5. The van der Waals surface area contributed by atoms with Gasteiger partial charge in [0.05, 0.1) is 48.2 Å². The third kappa shape index (κ3) is 11.4. The molecule has 2 aromatic rings. The second-order valence-electron chi connectivity index (χ2n) is 15.6. The van der Waals surface area contributed by atoms with Crippen LogP contribution in [-0.4, -0.2) is 103 Å². The summed E-state index contributed by atoms with van der Waals surface area (Å²) >= 11 is 1.51. The molecule has 11 nitrogen and oxygen atoms in total. The lowest BCUT2D eigenvalue weighted by Gasteiger charge is -2.41. The molecule has 2 heterocycles. The number of likely N-dealkylation sites (N-methyl/N-ethyl adjacent to an activating group) is 2. The van der Waals surface area contributed by atoms with Gasteiger partial charge in [-0.15, -0.1) is 11.3 Å². The third-order valence-corrected chi connectivity index (χ3v) is 12.3. The summed E-state index contributed by atoms with van der Waals surface area (Å²) in [7, 11) is 6.71. The summed E-state index contributed by atoms with van der Waals surface area (Å²) in [5, 5.41) is 9.03. The van der Waals surface area contributed by atoms with Crippen LogP contribution in [0.15, 0.2) is 41.9 Å². The number of hydrogen-bond donors (Lipinski definition) is 2. The molecule has 1 saturated heterocycles. The zero-order chi connectivity index (χ0) is 39.5. The van der Waals surface area contributed by atoms with Crippen LogP contribution in [0.25, 0.3) is 0 Å². The van der Waals surface area contributed by atoms with Crippen molar-refractivity contribution in [3.05, 3.63) is 52.5 Å². The molecular formula is C41H65N5O6S. The number of ketones is 1. The van der Waals surface area contributed by atoms with Crippen LogP contribution < -0.4 is 10.6 Å². The van der Waals surface area contributed by atoms with Gasteiger partial charge >= 0.3 is 0 Å². The molecule has 296 valence electrons. The lowest BCUT2D eigenvalue weighted by atomic mass is 9.83. The number of carbonyl (C=O) groups is 4. The van der Waals surface area contributed by atoms with Crippen LogP contribution in [0.5, 0.6) is 0 Å². The van der Waals surface area contributed by atoms with Gasteiger partial charge in [-0.25, -0.2) is 4.98 Å². The van der Waals surface area contributed by atoms with E-state index in [4.69, 9.17) is 9.47 Å². The fraction of sp³-hybridized carbons (Fsp3) is 0.683. The smallest absolute Gasteiger partial charge is 0.226 e. The number of thiazole rings is 1. The molecule has 0 bridgehead atoms. The minimum Gasteiger partial charge on any atom is -0.379 e. The molecule has 3 rings (SSSR count). The highest BCUT2D eigenvalue weighted by Crippen LogP contribution is 2.31. The molecular weight excluding hydrogens is 691 g/mol. The molecule has 53 heavy (non-hydrogen) atoms. The molecule has 8 atom stereocenters.